The third kappa shape index (κ3) is 5.63. The Morgan fingerprint density at radius 2 is 1.89 bits per heavy atom. The molecule has 6 nitrogen and oxygen atoms in total. The highest BCUT2D eigenvalue weighted by Crippen LogP contribution is 2.10. The molecule has 1 saturated heterocycles. The number of rotatable bonds is 7. The molecule has 0 saturated carbocycles. The molecule has 0 aliphatic carbocycles. The molecule has 6 heteroatoms. The number of anilines is 1. The zero-order valence-electron chi connectivity index (χ0n) is 16.7. The highest BCUT2D eigenvalue weighted by atomic mass is 16.2. The van der Waals surface area contributed by atoms with E-state index in [0.29, 0.717) is 30.6 Å². The molecule has 3 rings (SSSR count). The molecular formula is C22H29N5O. The van der Waals surface area contributed by atoms with Crippen molar-refractivity contribution in [3.8, 4) is 0 Å². The van der Waals surface area contributed by atoms with Gasteiger partial charge in [-0.15, -0.1) is 0 Å². The number of nitrogens with zero attached hydrogens (tertiary/aromatic N) is 4. The molecule has 1 aliphatic rings. The van der Waals surface area contributed by atoms with Gasteiger partial charge >= 0.3 is 0 Å². The van der Waals surface area contributed by atoms with Gasteiger partial charge in [-0.3, -0.25) is 9.69 Å². The minimum Gasteiger partial charge on any atom is -0.366 e. The maximum absolute atomic E-state index is 12.7. The summed E-state index contributed by atoms with van der Waals surface area (Å²) in [5, 5.41) is 3.26. The molecule has 1 aromatic heterocycles. The largest absolute Gasteiger partial charge is 0.366 e. The van der Waals surface area contributed by atoms with Crippen LogP contribution in [0.3, 0.4) is 0 Å². The maximum atomic E-state index is 12.7. The first kappa shape index (κ1) is 20.0. The lowest BCUT2D eigenvalue weighted by Gasteiger charge is -2.33. The summed E-state index contributed by atoms with van der Waals surface area (Å²) >= 11 is 0. The zero-order valence-corrected chi connectivity index (χ0v) is 16.7. The van der Waals surface area contributed by atoms with Gasteiger partial charge in [-0.1, -0.05) is 49.4 Å². The summed E-state index contributed by atoms with van der Waals surface area (Å²) in [6.45, 7) is 8.26. The molecule has 1 aliphatic heterocycles. The number of piperazine rings is 1. The van der Waals surface area contributed by atoms with E-state index in [1.807, 2.05) is 23.1 Å². The molecule has 1 amide bonds. The summed E-state index contributed by atoms with van der Waals surface area (Å²) in [7, 11) is 0. The smallest absolute Gasteiger partial charge is 0.274 e. The molecule has 2 aromatic rings. The number of carbonyl (C=O) groups is 1. The van der Waals surface area contributed by atoms with E-state index >= 15 is 0 Å². The number of amides is 1. The van der Waals surface area contributed by atoms with Crippen LogP contribution in [0.2, 0.25) is 0 Å². The van der Waals surface area contributed by atoms with Crippen molar-refractivity contribution in [2.24, 2.45) is 0 Å². The van der Waals surface area contributed by atoms with Gasteiger partial charge in [0.1, 0.15) is 11.5 Å². The second kappa shape index (κ2) is 9.99. The average molecular weight is 380 g/mol. The third-order valence-electron chi connectivity index (χ3n) is 5.01. The van der Waals surface area contributed by atoms with E-state index in [2.05, 4.69) is 58.3 Å². The Labute approximate surface area is 167 Å². The summed E-state index contributed by atoms with van der Waals surface area (Å²) in [4.78, 5) is 25.5. The molecular weight excluding hydrogens is 350 g/mol. The minimum atomic E-state index is -0.0398. The fraction of sp³-hybridized carbons (Fsp3) is 0.409. The lowest BCUT2D eigenvalue weighted by Crippen LogP contribution is -2.48. The van der Waals surface area contributed by atoms with Crippen LogP contribution in [0.5, 0.6) is 0 Å². The summed E-state index contributed by atoms with van der Waals surface area (Å²) in [5.74, 6) is 0.669. The molecule has 148 valence electrons. The number of carbonyl (C=O) groups excluding carboxylic acids is 1. The Morgan fingerprint density at radius 1 is 1.14 bits per heavy atom. The summed E-state index contributed by atoms with van der Waals surface area (Å²) in [5.41, 5.74) is 1.62. The fourth-order valence-electron chi connectivity index (χ4n) is 3.07. The number of hydrogen-bond donors (Lipinski definition) is 1. The summed E-state index contributed by atoms with van der Waals surface area (Å²) < 4.78 is 0. The standard InChI is InChI=1S/C22H29N5O/c1-3-18(2)25-21-17-23-20(16-24-21)22(28)27-14-12-26(13-15-27)11-7-10-19-8-5-4-6-9-19/h4-10,16-18H,3,11-15H2,1-2H3,(H,24,25)/b10-7+. The monoisotopic (exact) mass is 379 g/mol. The highest BCUT2D eigenvalue weighted by molar-refractivity contribution is 5.92. The Bertz CT molecular complexity index is 767. The normalized spacial score (nSPS) is 16.3. The maximum Gasteiger partial charge on any atom is 0.274 e. The van der Waals surface area contributed by atoms with Crippen molar-refractivity contribution in [1.82, 2.24) is 19.8 Å². The molecule has 0 radical (unpaired) electrons. The SMILES string of the molecule is CCC(C)Nc1cnc(C(=O)N2CCN(C/C=C/c3ccccc3)CC2)cn1. The van der Waals surface area contributed by atoms with Crippen LogP contribution in [-0.4, -0.2) is 64.4 Å². The van der Waals surface area contributed by atoms with Crippen molar-refractivity contribution in [1.29, 1.82) is 0 Å². The van der Waals surface area contributed by atoms with E-state index in [1.54, 1.807) is 12.4 Å². The van der Waals surface area contributed by atoms with E-state index < -0.39 is 0 Å². The Balaban J connectivity index is 1.46. The van der Waals surface area contributed by atoms with Crippen molar-refractivity contribution in [2.45, 2.75) is 26.3 Å². The van der Waals surface area contributed by atoms with Crippen LogP contribution in [0, 0.1) is 0 Å². The molecule has 0 bridgehead atoms. The number of benzene rings is 1. The van der Waals surface area contributed by atoms with Crippen LogP contribution in [0.1, 0.15) is 36.3 Å². The van der Waals surface area contributed by atoms with E-state index in [1.165, 1.54) is 5.56 Å². The van der Waals surface area contributed by atoms with Gasteiger partial charge in [0, 0.05) is 38.8 Å². The van der Waals surface area contributed by atoms with Gasteiger partial charge in [-0.05, 0) is 18.9 Å². The van der Waals surface area contributed by atoms with E-state index in [-0.39, 0.29) is 5.91 Å². The van der Waals surface area contributed by atoms with Crippen LogP contribution >= 0.6 is 0 Å². The highest BCUT2D eigenvalue weighted by Gasteiger charge is 2.22. The van der Waals surface area contributed by atoms with Crippen LogP contribution < -0.4 is 5.32 Å². The second-order valence-corrected chi connectivity index (χ2v) is 7.15. The molecule has 1 fully saturated rings. The lowest BCUT2D eigenvalue weighted by atomic mass is 10.2. The van der Waals surface area contributed by atoms with Gasteiger partial charge < -0.3 is 10.2 Å². The molecule has 0 spiro atoms. The van der Waals surface area contributed by atoms with Crippen LogP contribution in [0.4, 0.5) is 5.82 Å². The van der Waals surface area contributed by atoms with Gasteiger partial charge in [-0.2, -0.15) is 0 Å². The summed E-state index contributed by atoms with van der Waals surface area (Å²) in [6.07, 6.45) is 8.54. The van der Waals surface area contributed by atoms with Gasteiger partial charge in [0.2, 0.25) is 0 Å². The Hall–Kier alpha value is -2.73. The molecule has 1 atom stereocenters. The predicted octanol–water partition coefficient (Wildman–Crippen LogP) is 3.16. The average Bonchev–Trinajstić information content (AvgIpc) is 2.75. The molecule has 1 N–H and O–H groups in total. The quantitative estimate of drug-likeness (QED) is 0.801. The van der Waals surface area contributed by atoms with Crippen molar-refractivity contribution in [3.05, 3.63) is 60.1 Å². The lowest BCUT2D eigenvalue weighted by molar-refractivity contribution is 0.0644. The Morgan fingerprint density at radius 3 is 2.54 bits per heavy atom. The fourth-order valence-corrected chi connectivity index (χ4v) is 3.07. The summed E-state index contributed by atoms with van der Waals surface area (Å²) in [6, 6.07) is 10.6. The van der Waals surface area contributed by atoms with Gasteiger partial charge in [0.05, 0.1) is 12.4 Å². The number of aromatic nitrogens is 2. The zero-order chi connectivity index (χ0) is 19.8. The van der Waals surface area contributed by atoms with Gasteiger partial charge in [0.25, 0.3) is 5.91 Å². The second-order valence-electron chi connectivity index (χ2n) is 7.15. The molecule has 1 unspecified atom stereocenters. The molecule has 28 heavy (non-hydrogen) atoms. The minimum absolute atomic E-state index is 0.0398. The molecule has 1 aromatic carbocycles. The van der Waals surface area contributed by atoms with E-state index in [0.717, 1.165) is 26.1 Å². The van der Waals surface area contributed by atoms with E-state index in [9.17, 15) is 4.79 Å². The van der Waals surface area contributed by atoms with Crippen LogP contribution in [-0.2, 0) is 0 Å². The van der Waals surface area contributed by atoms with Crippen LogP contribution in [0.15, 0.2) is 48.8 Å². The van der Waals surface area contributed by atoms with Crippen LogP contribution in [0.25, 0.3) is 6.08 Å². The first-order valence-electron chi connectivity index (χ1n) is 9.97. The van der Waals surface area contributed by atoms with Crippen molar-refractivity contribution < 1.29 is 4.79 Å². The van der Waals surface area contributed by atoms with Crippen molar-refractivity contribution in [2.75, 3.05) is 38.0 Å². The number of hydrogen-bond acceptors (Lipinski definition) is 5. The first-order chi connectivity index (χ1) is 13.7. The Kier molecular flexibility index (Phi) is 7.14. The van der Waals surface area contributed by atoms with E-state index in [4.69, 9.17) is 0 Å². The third-order valence-corrected chi connectivity index (χ3v) is 5.01. The van der Waals surface area contributed by atoms with Gasteiger partial charge in [-0.25, -0.2) is 9.97 Å². The van der Waals surface area contributed by atoms with Crippen molar-refractivity contribution >= 4 is 17.8 Å². The number of nitrogens with one attached hydrogen (secondary N) is 1. The molecule has 2 heterocycles. The van der Waals surface area contributed by atoms with Crippen molar-refractivity contribution in [3.63, 3.8) is 0 Å². The van der Waals surface area contributed by atoms with Gasteiger partial charge in [0.15, 0.2) is 0 Å². The predicted molar refractivity (Wildman–Crippen MR) is 113 cm³/mol. The topological polar surface area (TPSA) is 61.4 Å². The first-order valence-corrected chi connectivity index (χ1v) is 9.97.